The summed E-state index contributed by atoms with van der Waals surface area (Å²) in [5, 5.41) is 0. The zero-order chi connectivity index (χ0) is 16.2. The van der Waals surface area contributed by atoms with Crippen molar-refractivity contribution in [1.82, 2.24) is 13.6 Å². The maximum Gasteiger partial charge on any atom is 0.253 e. The molecule has 0 fully saturated rings. The summed E-state index contributed by atoms with van der Waals surface area (Å²) >= 11 is 1.23. The summed E-state index contributed by atoms with van der Waals surface area (Å²) in [4.78, 5) is 2.30. The van der Waals surface area contributed by atoms with Crippen LogP contribution in [0.3, 0.4) is 0 Å². The fourth-order valence-corrected chi connectivity index (χ4v) is 3.50. The number of benzene rings is 1. The van der Waals surface area contributed by atoms with Gasteiger partial charge >= 0.3 is 0 Å². The highest BCUT2D eigenvalue weighted by Gasteiger charge is 2.19. The maximum absolute atomic E-state index is 6.01. The Kier molecular flexibility index (Phi) is 5.08. The van der Waals surface area contributed by atoms with Crippen LogP contribution in [0.1, 0.15) is 36.1 Å². The second kappa shape index (κ2) is 7.23. The summed E-state index contributed by atoms with van der Waals surface area (Å²) in [7, 11) is 2.13. The molecule has 0 saturated heterocycles. The van der Waals surface area contributed by atoms with Crippen molar-refractivity contribution in [3.8, 4) is 5.88 Å². The minimum Gasteiger partial charge on any atom is -0.475 e. The predicted octanol–water partition coefficient (Wildman–Crippen LogP) is 3.75. The molecule has 1 aromatic heterocycles. The molecule has 2 heterocycles. The number of nitrogens with zero attached hydrogens (tertiary/aromatic N) is 3. The lowest BCUT2D eigenvalue weighted by Crippen LogP contribution is -2.25. The van der Waals surface area contributed by atoms with Gasteiger partial charge in [0.1, 0.15) is 5.69 Å². The van der Waals surface area contributed by atoms with Crippen molar-refractivity contribution < 1.29 is 4.74 Å². The first-order chi connectivity index (χ1) is 11.1. The van der Waals surface area contributed by atoms with Gasteiger partial charge in [-0.25, -0.2) is 0 Å². The van der Waals surface area contributed by atoms with Gasteiger partial charge in [-0.1, -0.05) is 37.3 Å². The number of hydrogen-bond acceptors (Lipinski definition) is 5. The van der Waals surface area contributed by atoms with E-state index in [-0.39, 0.29) is 0 Å². The van der Waals surface area contributed by atoms with E-state index >= 15 is 0 Å². The van der Waals surface area contributed by atoms with Crippen LogP contribution in [0.15, 0.2) is 30.3 Å². The van der Waals surface area contributed by atoms with Crippen LogP contribution in [0.5, 0.6) is 5.88 Å². The van der Waals surface area contributed by atoms with Crippen LogP contribution < -0.4 is 4.74 Å². The first kappa shape index (κ1) is 16.1. The smallest absolute Gasteiger partial charge is 0.253 e. The lowest BCUT2D eigenvalue weighted by atomic mass is 9.97. The van der Waals surface area contributed by atoms with Crippen molar-refractivity contribution in [3.63, 3.8) is 0 Å². The lowest BCUT2D eigenvalue weighted by Gasteiger charge is -2.22. The van der Waals surface area contributed by atoms with Gasteiger partial charge in [0.05, 0.1) is 18.3 Å². The molecule has 5 heteroatoms. The van der Waals surface area contributed by atoms with Gasteiger partial charge < -0.3 is 9.64 Å². The van der Waals surface area contributed by atoms with Gasteiger partial charge in [0, 0.05) is 19.0 Å². The van der Waals surface area contributed by atoms with Gasteiger partial charge in [0.2, 0.25) is 0 Å². The monoisotopic (exact) mass is 329 g/mol. The summed E-state index contributed by atoms with van der Waals surface area (Å²) in [5.41, 5.74) is 4.77. The Balaban J connectivity index is 1.69. The molecule has 0 N–H and O–H groups in total. The number of hydrogen-bond donors (Lipinski definition) is 0. The number of aryl methyl sites for hydroxylation is 1. The van der Waals surface area contributed by atoms with Gasteiger partial charge in [0.15, 0.2) is 0 Å². The minimum atomic E-state index is 0.328. The van der Waals surface area contributed by atoms with Crippen LogP contribution in [0.25, 0.3) is 5.57 Å². The third kappa shape index (κ3) is 3.79. The van der Waals surface area contributed by atoms with Gasteiger partial charge in [0.25, 0.3) is 5.88 Å². The third-order valence-corrected chi connectivity index (χ3v) is 4.81. The van der Waals surface area contributed by atoms with Gasteiger partial charge in [-0.2, -0.15) is 4.37 Å². The number of aromatic nitrogens is 2. The van der Waals surface area contributed by atoms with Crippen molar-refractivity contribution in [2.24, 2.45) is 0 Å². The molecular formula is C18H23N3OS. The third-order valence-electron chi connectivity index (χ3n) is 4.29. The molecule has 4 nitrogen and oxygen atoms in total. The van der Waals surface area contributed by atoms with E-state index in [1.807, 2.05) is 0 Å². The predicted molar refractivity (Wildman–Crippen MR) is 95.1 cm³/mol. The second-order valence-corrected chi connectivity index (χ2v) is 6.77. The molecule has 0 bridgehead atoms. The van der Waals surface area contributed by atoms with Crippen molar-refractivity contribution >= 4 is 17.3 Å². The van der Waals surface area contributed by atoms with Crippen LogP contribution >= 0.6 is 11.7 Å². The molecule has 0 aliphatic carbocycles. The Morgan fingerprint density at radius 1 is 1.30 bits per heavy atom. The standard InChI is InChI=1S/C18H23N3OS/c1-13-7-4-5-9-16(13)14(2)12-22-18-17(19-23-20-18)15-8-6-10-21(3)11-15/h4-5,7-9,14H,6,10-12H2,1-3H3. The molecular weight excluding hydrogens is 306 g/mol. The zero-order valence-electron chi connectivity index (χ0n) is 14.0. The summed E-state index contributed by atoms with van der Waals surface area (Å²) in [6.45, 7) is 6.96. The number of rotatable bonds is 5. The molecule has 1 atom stereocenters. The Labute approximate surface area is 142 Å². The molecule has 1 unspecified atom stereocenters. The average molecular weight is 329 g/mol. The van der Waals surface area contributed by atoms with E-state index in [0.717, 1.165) is 25.2 Å². The van der Waals surface area contributed by atoms with E-state index in [9.17, 15) is 0 Å². The second-order valence-electron chi connectivity index (χ2n) is 6.24. The molecule has 2 aromatic rings. The van der Waals surface area contributed by atoms with Crippen LogP contribution in [0.4, 0.5) is 0 Å². The topological polar surface area (TPSA) is 38.3 Å². The SMILES string of the molecule is Cc1ccccc1C(C)COc1nsnc1C1=CCCN(C)C1. The molecule has 1 aliphatic rings. The van der Waals surface area contributed by atoms with Crippen molar-refractivity contribution in [1.29, 1.82) is 0 Å². The summed E-state index contributed by atoms with van der Waals surface area (Å²) in [5.74, 6) is 1.01. The van der Waals surface area contributed by atoms with E-state index < -0.39 is 0 Å². The van der Waals surface area contributed by atoms with E-state index in [1.54, 1.807) is 0 Å². The van der Waals surface area contributed by atoms with E-state index in [0.29, 0.717) is 18.4 Å². The Bertz CT molecular complexity index is 695. The summed E-state index contributed by atoms with van der Waals surface area (Å²) in [6.07, 6.45) is 3.32. The number of ether oxygens (including phenoxy) is 1. The molecule has 23 heavy (non-hydrogen) atoms. The van der Waals surface area contributed by atoms with Crippen molar-refractivity contribution in [3.05, 3.63) is 47.2 Å². The molecule has 122 valence electrons. The Hall–Kier alpha value is -1.72. The average Bonchev–Trinajstić information content (AvgIpc) is 3.01. The fourth-order valence-electron chi connectivity index (χ4n) is 2.97. The molecule has 0 spiro atoms. The van der Waals surface area contributed by atoms with Gasteiger partial charge in [-0.05, 0) is 37.1 Å². The van der Waals surface area contributed by atoms with Crippen LogP contribution in [-0.4, -0.2) is 40.4 Å². The minimum absolute atomic E-state index is 0.328. The van der Waals surface area contributed by atoms with Crippen LogP contribution in [-0.2, 0) is 0 Å². The highest BCUT2D eigenvalue weighted by atomic mass is 32.1. The largest absolute Gasteiger partial charge is 0.475 e. The van der Waals surface area contributed by atoms with E-state index in [1.165, 1.54) is 28.4 Å². The molecule has 0 radical (unpaired) electrons. The van der Waals surface area contributed by atoms with Gasteiger partial charge in [-0.3, -0.25) is 0 Å². The number of likely N-dealkylation sites (N-methyl/N-ethyl adjacent to an activating group) is 1. The summed E-state index contributed by atoms with van der Waals surface area (Å²) < 4.78 is 14.8. The zero-order valence-corrected chi connectivity index (χ0v) is 14.8. The maximum atomic E-state index is 6.01. The van der Waals surface area contributed by atoms with Crippen LogP contribution in [0, 0.1) is 6.92 Å². The first-order valence-electron chi connectivity index (χ1n) is 8.04. The quantitative estimate of drug-likeness (QED) is 0.837. The Morgan fingerprint density at radius 3 is 2.91 bits per heavy atom. The van der Waals surface area contributed by atoms with Crippen LogP contribution in [0.2, 0.25) is 0 Å². The molecule has 1 aromatic carbocycles. The Morgan fingerprint density at radius 2 is 2.13 bits per heavy atom. The highest BCUT2D eigenvalue weighted by molar-refractivity contribution is 6.99. The molecule has 1 aliphatic heterocycles. The molecule has 0 saturated carbocycles. The summed E-state index contributed by atoms with van der Waals surface area (Å²) in [6, 6.07) is 8.46. The van der Waals surface area contributed by atoms with Crippen molar-refractivity contribution in [2.75, 3.05) is 26.7 Å². The lowest BCUT2D eigenvalue weighted by molar-refractivity contribution is 0.285. The fraction of sp³-hybridized carbons (Fsp3) is 0.444. The molecule has 3 rings (SSSR count). The first-order valence-corrected chi connectivity index (χ1v) is 8.77. The van der Waals surface area contributed by atoms with Gasteiger partial charge in [-0.15, -0.1) is 4.37 Å². The normalized spacial score (nSPS) is 16.9. The van der Waals surface area contributed by atoms with E-state index in [4.69, 9.17) is 4.74 Å². The molecule has 0 amide bonds. The van der Waals surface area contributed by atoms with Crippen molar-refractivity contribution in [2.45, 2.75) is 26.2 Å². The highest BCUT2D eigenvalue weighted by Crippen LogP contribution is 2.28. The van der Waals surface area contributed by atoms with E-state index in [2.05, 4.69) is 64.9 Å².